The third-order valence-electron chi connectivity index (χ3n) is 3.56. The van der Waals surface area contributed by atoms with Crippen LogP contribution in [0.25, 0.3) is 0 Å². The molecule has 0 radical (unpaired) electrons. The predicted molar refractivity (Wildman–Crippen MR) is 68.6 cm³/mol. The zero-order chi connectivity index (χ0) is 17.5. The number of alkyl halides is 3. The minimum absolute atomic E-state index is 0.279. The van der Waals surface area contributed by atoms with E-state index in [1.54, 1.807) is 0 Å². The van der Waals surface area contributed by atoms with Crippen molar-refractivity contribution >= 4 is 5.91 Å². The van der Waals surface area contributed by atoms with Crippen LogP contribution < -0.4 is 5.73 Å². The van der Waals surface area contributed by atoms with Crippen LogP contribution in [0.3, 0.4) is 0 Å². The molecule has 1 aliphatic heterocycles. The van der Waals surface area contributed by atoms with E-state index in [0.717, 1.165) is 0 Å². The number of hydrogen-bond donors (Lipinski definition) is 1. The number of carbonyl (C=O) groups excluding carboxylic acids is 1. The molecule has 23 heavy (non-hydrogen) atoms. The van der Waals surface area contributed by atoms with Gasteiger partial charge in [0.25, 0.3) is 0 Å². The predicted octanol–water partition coefficient (Wildman–Crippen LogP) is 2.82. The minimum atomic E-state index is -4.73. The normalized spacial score (nSPS) is 22.7. The quantitative estimate of drug-likeness (QED) is 0.666. The Hall–Kier alpha value is -2.03. The molecule has 1 aromatic carbocycles. The zero-order valence-electron chi connectivity index (χ0n) is 11.6. The average Bonchev–Trinajstić information content (AvgIpc) is 2.42. The number of nitrogens with two attached hydrogens (primary N) is 1. The lowest BCUT2D eigenvalue weighted by Gasteiger charge is -2.38. The maximum absolute atomic E-state index is 13.9. The first-order valence-electron chi connectivity index (χ1n) is 6.48. The van der Waals surface area contributed by atoms with Crippen LogP contribution in [0.4, 0.5) is 26.3 Å². The number of nitrogens with zero attached hydrogens (tertiary/aromatic N) is 1. The fourth-order valence-corrected chi connectivity index (χ4v) is 2.52. The second-order valence-electron chi connectivity index (χ2n) is 5.22. The molecule has 1 heterocycles. The van der Waals surface area contributed by atoms with E-state index in [1.807, 2.05) is 0 Å². The molecule has 1 aliphatic rings. The highest BCUT2D eigenvalue weighted by molar-refractivity contribution is 5.85. The molecule has 126 valence electrons. The van der Waals surface area contributed by atoms with Crippen molar-refractivity contribution in [2.75, 3.05) is 6.54 Å². The number of amides is 1. The Morgan fingerprint density at radius 3 is 2.43 bits per heavy atom. The standard InChI is InChI=1S/C14H12F6N2O/c1-6-8(9-2-7(15)3-10(16)12(9)17)4-11(21)13(23)22(6)5-14(18,19)20/h2-3,8,11H,1,4-5,21H2/t8-,11+/m1/s1. The fraction of sp³-hybridized carbons (Fsp3) is 0.357. The van der Waals surface area contributed by atoms with Crippen LogP contribution in [0.15, 0.2) is 24.4 Å². The summed E-state index contributed by atoms with van der Waals surface area (Å²) in [6.45, 7) is 1.70. The summed E-state index contributed by atoms with van der Waals surface area (Å²) in [6, 6.07) is -0.399. The SMILES string of the molecule is C=C1[C@H](c2cc(F)cc(F)c2F)C[C@H](N)C(=O)N1CC(F)(F)F. The molecule has 0 bridgehead atoms. The van der Waals surface area contributed by atoms with Crippen LogP contribution in [-0.4, -0.2) is 29.6 Å². The van der Waals surface area contributed by atoms with Gasteiger partial charge in [-0.15, -0.1) is 0 Å². The van der Waals surface area contributed by atoms with Crippen LogP contribution in [0.5, 0.6) is 0 Å². The van der Waals surface area contributed by atoms with E-state index in [1.165, 1.54) is 0 Å². The molecule has 1 amide bonds. The van der Waals surface area contributed by atoms with Gasteiger partial charge in [-0.05, 0) is 12.5 Å². The molecule has 3 nitrogen and oxygen atoms in total. The maximum Gasteiger partial charge on any atom is 0.406 e. The van der Waals surface area contributed by atoms with Gasteiger partial charge in [0.2, 0.25) is 5.91 Å². The lowest BCUT2D eigenvalue weighted by Crippen LogP contribution is -2.52. The Bertz CT molecular complexity index is 657. The maximum atomic E-state index is 13.9. The van der Waals surface area contributed by atoms with Gasteiger partial charge in [0.15, 0.2) is 11.6 Å². The molecule has 0 aliphatic carbocycles. The average molecular weight is 338 g/mol. The number of benzene rings is 1. The first-order valence-corrected chi connectivity index (χ1v) is 6.48. The van der Waals surface area contributed by atoms with Gasteiger partial charge >= 0.3 is 6.18 Å². The van der Waals surface area contributed by atoms with Crippen LogP contribution in [0, 0.1) is 17.5 Å². The summed E-state index contributed by atoms with van der Waals surface area (Å²) < 4.78 is 78.3. The minimum Gasteiger partial charge on any atom is -0.320 e. The largest absolute Gasteiger partial charge is 0.406 e. The molecule has 1 fully saturated rings. The number of hydrogen-bond acceptors (Lipinski definition) is 2. The monoisotopic (exact) mass is 338 g/mol. The third kappa shape index (κ3) is 3.49. The summed E-state index contributed by atoms with van der Waals surface area (Å²) in [5.41, 5.74) is 4.56. The molecule has 9 heteroatoms. The molecule has 2 N–H and O–H groups in total. The number of rotatable bonds is 2. The van der Waals surface area contributed by atoms with Crippen molar-refractivity contribution in [1.82, 2.24) is 4.90 Å². The number of likely N-dealkylation sites (tertiary alicyclic amines) is 1. The van der Waals surface area contributed by atoms with Crippen molar-refractivity contribution in [3.63, 3.8) is 0 Å². The van der Waals surface area contributed by atoms with E-state index in [0.29, 0.717) is 12.1 Å². The van der Waals surface area contributed by atoms with Crippen molar-refractivity contribution in [3.8, 4) is 0 Å². The van der Waals surface area contributed by atoms with Crippen LogP contribution in [-0.2, 0) is 4.79 Å². The van der Waals surface area contributed by atoms with E-state index < -0.39 is 59.3 Å². The molecular formula is C14H12F6N2O. The van der Waals surface area contributed by atoms with Crippen molar-refractivity contribution < 1.29 is 31.1 Å². The highest BCUT2D eigenvalue weighted by Gasteiger charge is 2.42. The van der Waals surface area contributed by atoms with Gasteiger partial charge in [-0.3, -0.25) is 4.79 Å². The first-order chi connectivity index (χ1) is 10.5. The molecule has 2 atom stereocenters. The van der Waals surface area contributed by atoms with Crippen molar-refractivity contribution in [2.24, 2.45) is 5.73 Å². The Labute approximate surface area is 127 Å². The van der Waals surface area contributed by atoms with E-state index >= 15 is 0 Å². The molecule has 1 saturated heterocycles. The molecule has 2 rings (SSSR count). The van der Waals surface area contributed by atoms with Gasteiger partial charge in [-0.1, -0.05) is 6.58 Å². The Balaban J connectivity index is 2.44. The van der Waals surface area contributed by atoms with Gasteiger partial charge < -0.3 is 10.6 Å². The van der Waals surface area contributed by atoms with Crippen LogP contribution in [0.2, 0.25) is 0 Å². The van der Waals surface area contributed by atoms with E-state index in [-0.39, 0.29) is 11.3 Å². The van der Waals surface area contributed by atoms with Gasteiger partial charge in [-0.2, -0.15) is 13.2 Å². The summed E-state index contributed by atoms with van der Waals surface area (Å²) in [4.78, 5) is 12.1. The summed E-state index contributed by atoms with van der Waals surface area (Å²) in [5, 5.41) is 0. The highest BCUT2D eigenvalue weighted by atomic mass is 19.4. The van der Waals surface area contributed by atoms with Crippen molar-refractivity contribution in [1.29, 1.82) is 0 Å². The molecule has 0 unspecified atom stereocenters. The number of carbonyl (C=O) groups is 1. The zero-order valence-corrected chi connectivity index (χ0v) is 11.6. The topological polar surface area (TPSA) is 46.3 Å². The molecule has 1 aromatic rings. The van der Waals surface area contributed by atoms with Gasteiger partial charge in [-0.25, -0.2) is 13.2 Å². The Morgan fingerprint density at radius 2 is 1.87 bits per heavy atom. The van der Waals surface area contributed by atoms with E-state index in [2.05, 4.69) is 6.58 Å². The number of piperidine rings is 1. The summed E-state index contributed by atoms with van der Waals surface area (Å²) in [7, 11) is 0. The van der Waals surface area contributed by atoms with Gasteiger partial charge in [0, 0.05) is 23.2 Å². The fourth-order valence-electron chi connectivity index (χ4n) is 2.52. The number of halogens is 6. The first kappa shape index (κ1) is 17.3. The van der Waals surface area contributed by atoms with Crippen LogP contribution in [0.1, 0.15) is 17.9 Å². The summed E-state index contributed by atoms with van der Waals surface area (Å²) >= 11 is 0. The Kier molecular flexibility index (Phi) is 4.43. The van der Waals surface area contributed by atoms with E-state index in [9.17, 15) is 31.1 Å². The lowest BCUT2D eigenvalue weighted by molar-refractivity contribution is -0.160. The smallest absolute Gasteiger partial charge is 0.320 e. The molecular weight excluding hydrogens is 326 g/mol. The van der Waals surface area contributed by atoms with Crippen molar-refractivity contribution in [2.45, 2.75) is 24.6 Å². The number of allylic oxidation sites excluding steroid dienone is 1. The Morgan fingerprint density at radius 1 is 1.26 bits per heavy atom. The second-order valence-corrected chi connectivity index (χ2v) is 5.22. The molecule has 0 aromatic heterocycles. The van der Waals surface area contributed by atoms with Crippen LogP contribution >= 0.6 is 0 Å². The highest BCUT2D eigenvalue weighted by Crippen LogP contribution is 2.38. The summed E-state index contributed by atoms with van der Waals surface area (Å²) in [5.74, 6) is -6.26. The second kappa shape index (κ2) is 5.88. The lowest BCUT2D eigenvalue weighted by atomic mass is 9.85. The summed E-state index contributed by atoms with van der Waals surface area (Å²) in [6.07, 6.45) is -5.03. The third-order valence-corrected chi connectivity index (χ3v) is 3.56. The van der Waals surface area contributed by atoms with E-state index in [4.69, 9.17) is 5.73 Å². The van der Waals surface area contributed by atoms with Gasteiger partial charge in [0.05, 0.1) is 6.04 Å². The van der Waals surface area contributed by atoms with Gasteiger partial charge in [0.1, 0.15) is 12.4 Å². The van der Waals surface area contributed by atoms with Crippen molar-refractivity contribution in [3.05, 3.63) is 47.4 Å². The molecule has 0 saturated carbocycles. The molecule has 0 spiro atoms.